The van der Waals surface area contributed by atoms with Crippen LogP contribution in [0.4, 0.5) is 4.79 Å². The minimum atomic E-state index is -1.50. The molecule has 3 heterocycles. The van der Waals surface area contributed by atoms with Gasteiger partial charge in [0.2, 0.25) is 19.0 Å². The number of halogens is 1. The Labute approximate surface area is 214 Å². The maximum Gasteiger partial charge on any atom is 0.512 e. The molecule has 0 saturated carbocycles. The molecular formula is C23H21ClN2O9S. The maximum absolute atomic E-state index is 11.7. The first-order chi connectivity index (χ1) is 17.5. The maximum atomic E-state index is 11.7. The number of hydrogen-bond donors (Lipinski definition) is 1. The first-order valence-electron chi connectivity index (χ1n) is 10.7. The van der Waals surface area contributed by atoms with Crippen molar-refractivity contribution in [3.8, 4) is 28.9 Å². The quantitative estimate of drug-likeness (QED) is 0.407. The Kier molecular flexibility index (Phi) is 7.01. The summed E-state index contributed by atoms with van der Waals surface area (Å²) >= 11 is 7.70. The summed E-state index contributed by atoms with van der Waals surface area (Å²) in [6.45, 7) is 0.940. The van der Waals surface area contributed by atoms with E-state index in [1.807, 2.05) is 0 Å². The van der Waals surface area contributed by atoms with E-state index in [4.69, 9.17) is 44.8 Å². The highest BCUT2D eigenvalue weighted by Crippen LogP contribution is 2.43. The normalized spacial score (nSPS) is 14.8. The summed E-state index contributed by atoms with van der Waals surface area (Å²) in [5.74, 6) is 2.46. The highest BCUT2D eigenvalue weighted by Gasteiger charge is 2.31. The third-order valence-electron chi connectivity index (χ3n) is 5.38. The van der Waals surface area contributed by atoms with Crippen molar-refractivity contribution in [1.29, 1.82) is 0 Å². The van der Waals surface area contributed by atoms with Crippen LogP contribution < -0.4 is 23.7 Å². The molecule has 11 nitrogen and oxygen atoms in total. The summed E-state index contributed by atoms with van der Waals surface area (Å²) < 4.78 is 39.7. The molecule has 0 bridgehead atoms. The lowest BCUT2D eigenvalue weighted by molar-refractivity contribution is -0.0531. The molecule has 36 heavy (non-hydrogen) atoms. The highest BCUT2D eigenvalue weighted by atomic mass is 35.5. The van der Waals surface area contributed by atoms with Gasteiger partial charge in [0.25, 0.3) is 0 Å². The molecule has 2 aliphatic rings. The molecule has 0 radical (unpaired) electrons. The number of imidazole rings is 1. The molecule has 5 rings (SSSR count). The molecule has 0 amide bonds. The monoisotopic (exact) mass is 536 g/mol. The Morgan fingerprint density at radius 2 is 1.86 bits per heavy atom. The third kappa shape index (κ3) is 4.85. The number of aromatic nitrogens is 2. The number of rotatable bonds is 8. The molecule has 2 aliphatic heterocycles. The minimum Gasteiger partial charge on any atom is -0.493 e. The fourth-order valence-electron chi connectivity index (χ4n) is 3.76. The van der Waals surface area contributed by atoms with Gasteiger partial charge in [0.15, 0.2) is 33.8 Å². The fraction of sp³-hybridized carbons (Fsp3) is 0.304. The number of benzene rings is 2. The SMILES string of the molecule is COc1ccc(Sc2nc(C3OCCO3)n(Cc3cc4c(cc3Cl)OCO4)c2OC(=O)O)cc1OC. The zero-order valence-electron chi connectivity index (χ0n) is 19.2. The van der Waals surface area contributed by atoms with Crippen molar-refractivity contribution in [2.45, 2.75) is 22.8 Å². The van der Waals surface area contributed by atoms with Crippen LogP contribution >= 0.6 is 23.4 Å². The molecule has 0 atom stereocenters. The van der Waals surface area contributed by atoms with E-state index >= 15 is 0 Å². The Bertz CT molecular complexity index is 1290. The first kappa shape index (κ1) is 24.4. The van der Waals surface area contributed by atoms with Crippen LogP contribution in [0.25, 0.3) is 0 Å². The lowest BCUT2D eigenvalue weighted by Gasteiger charge is -2.15. The zero-order valence-corrected chi connectivity index (χ0v) is 20.8. The zero-order chi connectivity index (χ0) is 25.2. The van der Waals surface area contributed by atoms with Gasteiger partial charge in [-0.25, -0.2) is 9.78 Å². The van der Waals surface area contributed by atoms with Gasteiger partial charge >= 0.3 is 6.16 Å². The Morgan fingerprint density at radius 1 is 1.14 bits per heavy atom. The first-order valence-corrected chi connectivity index (χ1v) is 11.9. The molecule has 0 unspecified atom stereocenters. The van der Waals surface area contributed by atoms with Crippen molar-refractivity contribution < 1.29 is 43.1 Å². The Morgan fingerprint density at radius 3 is 2.56 bits per heavy atom. The van der Waals surface area contributed by atoms with Crippen LogP contribution in [-0.2, 0) is 16.0 Å². The van der Waals surface area contributed by atoms with E-state index in [1.165, 1.54) is 18.9 Å². The summed E-state index contributed by atoms with van der Waals surface area (Å²) in [4.78, 5) is 17.0. The third-order valence-corrected chi connectivity index (χ3v) is 6.68. The van der Waals surface area contributed by atoms with Crippen molar-refractivity contribution in [3.05, 3.63) is 46.7 Å². The molecule has 13 heteroatoms. The molecule has 1 saturated heterocycles. The van der Waals surface area contributed by atoms with Crippen LogP contribution in [0, 0.1) is 0 Å². The van der Waals surface area contributed by atoms with Gasteiger partial charge in [-0.15, -0.1) is 0 Å². The summed E-state index contributed by atoms with van der Waals surface area (Å²) in [6, 6.07) is 8.68. The predicted molar refractivity (Wildman–Crippen MR) is 126 cm³/mol. The lowest BCUT2D eigenvalue weighted by Crippen LogP contribution is -2.14. The molecule has 2 aromatic carbocycles. The average Bonchev–Trinajstić information content (AvgIpc) is 3.61. The predicted octanol–water partition coefficient (Wildman–Crippen LogP) is 4.58. The van der Waals surface area contributed by atoms with E-state index in [0.717, 1.165) is 0 Å². The van der Waals surface area contributed by atoms with E-state index in [2.05, 4.69) is 4.98 Å². The topological polar surface area (TPSA) is 120 Å². The van der Waals surface area contributed by atoms with Gasteiger partial charge in [-0.3, -0.25) is 4.57 Å². The van der Waals surface area contributed by atoms with Crippen molar-refractivity contribution in [3.63, 3.8) is 0 Å². The number of fused-ring (bicyclic) bond motifs is 1. The number of ether oxygens (including phenoxy) is 7. The van der Waals surface area contributed by atoms with Crippen molar-refractivity contribution >= 4 is 29.5 Å². The van der Waals surface area contributed by atoms with E-state index in [0.29, 0.717) is 57.5 Å². The fourth-order valence-corrected chi connectivity index (χ4v) is 4.88. The number of methoxy groups -OCH3 is 2. The minimum absolute atomic E-state index is 0.00915. The van der Waals surface area contributed by atoms with Gasteiger partial charge < -0.3 is 38.3 Å². The average molecular weight is 537 g/mol. The van der Waals surface area contributed by atoms with Crippen molar-refractivity contribution in [2.75, 3.05) is 34.2 Å². The molecule has 3 aromatic rings. The van der Waals surface area contributed by atoms with E-state index in [-0.39, 0.29) is 24.2 Å². The van der Waals surface area contributed by atoms with Gasteiger partial charge in [0.1, 0.15) is 0 Å². The Hall–Kier alpha value is -3.32. The van der Waals surface area contributed by atoms with Crippen molar-refractivity contribution in [2.24, 2.45) is 0 Å². The molecule has 1 N–H and O–H groups in total. The van der Waals surface area contributed by atoms with Gasteiger partial charge in [-0.05, 0) is 29.8 Å². The summed E-state index contributed by atoms with van der Waals surface area (Å²) in [5.41, 5.74) is 0.635. The molecule has 0 aliphatic carbocycles. The van der Waals surface area contributed by atoms with Crippen LogP contribution in [0.5, 0.6) is 28.9 Å². The summed E-state index contributed by atoms with van der Waals surface area (Å²) in [6.07, 6.45) is -2.31. The van der Waals surface area contributed by atoms with Gasteiger partial charge in [-0.1, -0.05) is 23.4 Å². The second-order valence-corrected chi connectivity index (χ2v) is 8.99. The van der Waals surface area contributed by atoms with Gasteiger partial charge in [0.05, 0.1) is 34.0 Å². The molecule has 0 spiro atoms. The molecule has 1 fully saturated rings. The second kappa shape index (κ2) is 10.3. The van der Waals surface area contributed by atoms with Crippen LogP contribution in [0.3, 0.4) is 0 Å². The Balaban J connectivity index is 1.58. The molecular weight excluding hydrogens is 516 g/mol. The van der Waals surface area contributed by atoms with Crippen LogP contribution in [0.15, 0.2) is 40.3 Å². The van der Waals surface area contributed by atoms with Gasteiger partial charge in [-0.2, -0.15) is 0 Å². The van der Waals surface area contributed by atoms with Gasteiger partial charge in [0, 0.05) is 16.0 Å². The lowest BCUT2D eigenvalue weighted by atomic mass is 10.2. The van der Waals surface area contributed by atoms with Crippen LogP contribution in [-0.4, -0.2) is 55.0 Å². The van der Waals surface area contributed by atoms with E-state index < -0.39 is 12.4 Å². The largest absolute Gasteiger partial charge is 0.512 e. The number of carbonyl (C=O) groups is 1. The second-order valence-electron chi connectivity index (χ2n) is 7.52. The summed E-state index contributed by atoms with van der Waals surface area (Å²) in [7, 11) is 3.07. The van der Waals surface area contributed by atoms with E-state index in [1.54, 1.807) is 42.0 Å². The standard InChI is InChI=1S/C23H21ClN2O9S/c1-29-15-4-3-13(8-16(15)30-2)36-20-21(35-23(27)28)26(19(25-20)22-31-5-6-32-22)10-12-7-17-18(9-14(12)24)34-11-33-17/h3-4,7-9,22H,5-6,10-11H2,1-2H3,(H,27,28). The molecule has 1 aromatic heterocycles. The van der Waals surface area contributed by atoms with Crippen LogP contribution in [0.2, 0.25) is 5.02 Å². The van der Waals surface area contributed by atoms with Crippen molar-refractivity contribution in [1.82, 2.24) is 9.55 Å². The highest BCUT2D eigenvalue weighted by molar-refractivity contribution is 7.99. The molecule has 190 valence electrons. The number of carboxylic acid groups (broad SMARTS) is 1. The number of hydrogen-bond acceptors (Lipinski definition) is 10. The smallest absolute Gasteiger partial charge is 0.493 e. The van der Waals surface area contributed by atoms with Crippen LogP contribution in [0.1, 0.15) is 17.7 Å². The summed E-state index contributed by atoms with van der Waals surface area (Å²) in [5, 5.41) is 10.2. The van der Waals surface area contributed by atoms with E-state index in [9.17, 15) is 9.90 Å². The number of nitrogens with zero attached hydrogens (tertiary/aromatic N) is 2.